The lowest BCUT2D eigenvalue weighted by molar-refractivity contribution is 0.112. The SMILES string of the molecule is CN(C)S(=O)(=O)c1ccc2[nH]cc(C=O)c2c1. The molecular weight excluding hydrogens is 240 g/mol. The number of sulfonamides is 1. The van der Waals surface area contributed by atoms with E-state index in [0.29, 0.717) is 17.2 Å². The first-order chi connectivity index (χ1) is 7.96. The van der Waals surface area contributed by atoms with E-state index in [2.05, 4.69) is 4.98 Å². The molecule has 0 atom stereocenters. The van der Waals surface area contributed by atoms with E-state index in [4.69, 9.17) is 0 Å². The normalized spacial score (nSPS) is 12.2. The van der Waals surface area contributed by atoms with Gasteiger partial charge in [-0.25, -0.2) is 12.7 Å². The summed E-state index contributed by atoms with van der Waals surface area (Å²) in [6.07, 6.45) is 2.26. The molecule has 0 saturated carbocycles. The number of aromatic nitrogens is 1. The highest BCUT2D eigenvalue weighted by atomic mass is 32.2. The van der Waals surface area contributed by atoms with Gasteiger partial charge in [0, 0.05) is 36.8 Å². The van der Waals surface area contributed by atoms with Crippen LogP contribution in [0.5, 0.6) is 0 Å². The van der Waals surface area contributed by atoms with Crippen molar-refractivity contribution in [2.45, 2.75) is 4.90 Å². The molecule has 0 aliphatic heterocycles. The van der Waals surface area contributed by atoms with Crippen LogP contribution >= 0.6 is 0 Å². The number of hydrogen-bond donors (Lipinski definition) is 1. The molecule has 1 aromatic carbocycles. The van der Waals surface area contributed by atoms with Crippen molar-refractivity contribution in [3.05, 3.63) is 30.0 Å². The van der Waals surface area contributed by atoms with E-state index in [9.17, 15) is 13.2 Å². The quantitative estimate of drug-likeness (QED) is 0.835. The van der Waals surface area contributed by atoms with Crippen LogP contribution in [0.4, 0.5) is 0 Å². The highest BCUT2D eigenvalue weighted by Crippen LogP contribution is 2.22. The maximum Gasteiger partial charge on any atom is 0.242 e. The van der Waals surface area contributed by atoms with Crippen LogP contribution in [0.15, 0.2) is 29.3 Å². The van der Waals surface area contributed by atoms with Crippen LogP contribution < -0.4 is 0 Å². The third-order valence-electron chi connectivity index (χ3n) is 2.59. The molecule has 0 aliphatic rings. The smallest absolute Gasteiger partial charge is 0.242 e. The monoisotopic (exact) mass is 252 g/mol. The van der Waals surface area contributed by atoms with Crippen molar-refractivity contribution in [1.29, 1.82) is 0 Å². The molecule has 17 heavy (non-hydrogen) atoms. The molecule has 1 aromatic heterocycles. The standard InChI is InChI=1S/C11H12N2O3S/c1-13(2)17(15,16)9-3-4-11-10(5-9)8(7-14)6-12-11/h3-7,12H,1-2H3. The van der Waals surface area contributed by atoms with E-state index >= 15 is 0 Å². The molecule has 0 aliphatic carbocycles. The number of benzene rings is 1. The molecule has 5 nitrogen and oxygen atoms in total. The molecule has 0 radical (unpaired) electrons. The van der Waals surface area contributed by atoms with Gasteiger partial charge in [0.15, 0.2) is 6.29 Å². The summed E-state index contributed by atoms with van der Waals surface area (Å²) in [5, 5.41) is 0.614. The first-order valence-corrected chi connectivity index (χ1v) is 6.39. The van der Waals surface area contributed by atoms with Gasteiger partial charge in [0.05, 0.1) is 4.90 Å². The van der Waals surface area contributed by atoms with Gasteiger partial charge in [0.25, 0.3) is 0 Å². The van der Waals surface area contributed by atoms with Gasteiger partial charge in [-0.2, -0.15) is 0 Å². The summed E-state index contributed by atoms with van der Waals surface area (Å²) in [4.78, 5) is 13.9. The minimum Gasteiger partial charge on any atom is -0.360 e. The minimum atomic E-state index is -3.47. The summed E-state index contributed by atoms with van der Waals surface area (Å²) in [7, 11) is -0.529. The summed E-state index contributed by atoms with van der Waals surface area (Å²) in [6, 6.07) is 4.67. The third-order valence-corrected chi connectivity index (χ3v) is 4.40. The minimum absolute atomic E-state index is 0.178. The zero-order valence-electron chi connectivity index (χ0n) is 9.47. The zero-order valence-corrected chi connectivity index (χ0v) is 10.3. The molecule has 0 spiro atoms. The average Bonchev–Trinajstić information content (AvgIpc) is 2.70. The lowest BCUT2D eigenvalue weighted by Gasteiger charge is -2.11. The number of nitrogens with zero attached hydrogens (tertiary/aromatic N) is 1. The Kier molecular flexibility index (Phi) is 2.76. The predicted molar refractivity (Wildman–Crippen MR) is 64.6 cm³/mol. The van der Waals surface area contributed by atoms with Crippen LogP contribution in [0.2, 0.25) is 0 Å². The number of rotatable bonds is 3. The fraction of sp³-hybridized carbons (Fsp3) is 0.182. The summed E-state index contributed by atoms with van der Waals surface area (Å²) >= 11 is 0. The van der Waals surface area contributed by atoms with Crippen molar-refractivity contribution in [2.24, 2.45) is 0 Å². The van der Waals surface area contributed by atoms with Gasteiger partial charge in [0.2, 0.25) is 10.0 Å². The number of aromatic amines is 1. The molecular formula is C11H12N2O3S. The van der Waals surface area contributed by atoms with E-state index in [1.54, 1.807) is 12.3 Å². The summed E-state index contributed by atoms with van der Waals surface area (Å²) in [5.74, 6) is 0. The number of nitrogens with one attached hydrogen (secondary N) is 1. The van der Waals surface area contributed by atoms with Crippen LogP contribution in [0.1, 0.15) is 10.4 Å². The number of fused-ring (bicyclic) bond motifs is 1. The first-order valence-electron chi connectivity index (χ1n) is 4.95. The Hall–Kier alpha value is -1.66. The summed E-state index contributed by atoms with van der Waals surface area (Å²) < 4.78 is 25.0. The molecule has 0 saturated heterocycles. The number of carbonyl (C=O) groups excluding carboxylic acids is 1. The second-order valence-corrected chi connectivity index (χ2v) is 6.01. The zero-order chi connectivity index (χ0) is 12.6. The Labute approximate surface area is 99.1 Å². The molecule has 0 bridgehead atoms. The fourth-order valence-electron chi connectivity index (χ4n) is 1.59. The molecule has 1 heterocycles. The maximum absolute atomic E-state index is 11.9. The second-order valence-electron chi connectivity index (χ2n) is 3.86. The fourth-order valence-corrected chi connectivity index (χ4v) is 2.52. The average molecular weight is 252 g/mol. The van der Waals surface area contributed by atoms with Gasteiger partial charge < -0.3 is 4.98 Å². The van der Waals surface area contributed by atoms with Crippen molar-refractivity contribution in [3.63, 3.8) is 0 Å². The lowest BCUT2D eigenvalue weighted by atomic mass is 10.2. The van der Waals surface area contributed by atoms with Crippen molar-refractivity contribution < 1.29 is 13.2 Å². The predicted octanol–water partition coefficient (Wildman–Crippen LogP) is 1.23. The van der Waals surface area contributed by atoms with Crippen molar-refractivity contribution in [1.82, 2.24) is 9.29 Å². The number of H-pyrrole nitrogens is 1. The van der Waals surface area contributed by atoms with Crippen molar-refractivity contribution in [3.8, 4) is 0 Å². The number of aldehydes is 1. The van der Waals surface area contributed by atoms with Crippen LogP contribution in [-0.2, 0) is 10.0 Å². The van der Waals surface area contributed by atoms with Gasteiger partial charge >= 0.3 is 0 Å². The molecule has 0 unspecified atom stereocenters. The molecule has 0 fully saturated rings. The van der Waals surface area contributed by atoms with Gasteiger partial charge in [-0.05, 0) is 18.2 Å². The van der Waals surface area contributed by atoms with Crippen LogP contribution in [0.3, 0.4) is 0 Å². The van der Waals surface area contributed by atoms with Crippen LogP contribution in [0.25, 0.3) is 10.9 Å². The highest BCUT2D eigenvalue weighted by molar-refractivity contribution is 7.89. The molecule has 90 valence electrons. The van der Waals surface area contributed by atoms with Crippen molar-refractivity contribution >= 4 is 27.2 Å². The van der Waals surface area contributed by atoms with Gasteiger partial charge in [-0.1, -0.05) is 0 Å². The molecule has 2 rings (SSSR count). The highest BCUT2D eigenvalue weighted by Gasteiger charge is 2.18. The Morgan fingerprint density at radius 1 is 1.29 bits per heavy atom. The van der Waals surface area contributed by atoms with E-state index in [1.807, 2.05) is 0 Å². The topological polar surface area (TPSA) is 70.2 Å². The van der Waals surface area contributed by atoms with Crippen molar-refractivity contribution in [2.75, 3.05) is 14.1 Å². The van der Waals surface area contributed by atoms with E-state index in [-0.39, 0.29) is 4.90 Å². The first kappa shape index (κ1) is 11.8. The summed E-state index contributed by atoms with van der Waals surface area (Å²) in [5.41, 5.74) is 1.20. The van der Waals surface area contributed by atoms with E-state index in [1.165, 1.54) is 26.2 Å². The molecule has 0 amide bonds. The summed E-state index contributed by atoms with van der Waals surface area (Å²) in [6.45, 7) is 0. The van der Waals surface area contributed by atoms with Crippen LogP contribution in [-0.4, -0.2) is 38.1 Å². The Balaban J connectivity index is 2.69. The van der Waals surface area contributed by atoms with Gasteiger partial charge in [-0.15, -0.1) is 0 Å². The number of hydrogen-bond acceptors (Lipinski definition) is 3. The van der Waals surface area contributed by atoms with E-state index < -0.39 is 10.0 Å². The Morgan fingerprint density at radius 3 is 2.59 bits per heavy atom. The molecule has 2 aromatic rings. The Bertz CT molecular complexity index is 671. The van der Waals surface area contributed by atoms with Crippen LogP contribution in [0, 0.1) is 0 Å². The van der Waals surface area contributed by atoms with Gasteiger partial charge in [0.1, 0.15) is 0 Å². The Morgan fingerprint density at radius 2 is 2.00 bits per heavy atom. The lowest BCUT2D eigenvalue weighted by Crippen LogP contribution is -2.22. The largest absolute Gasteiger partial charge is 0.360 e. The van der Waals surface area contributed by atoms with E-state index in [0.717, 1.165) is 9.82 Å². The number of carbonyl (C=O) groups is 1. The van der Waals surface area contributed by atoms with Gasteiger partial charge in [-0.3, -0.25) is 4.79 Å². The maximum atomic E-state index is 11.9. The third kappa shape index (κ3) is 1.85. The molecule has 1 N–H and O–H groups in total. The second kappa shape index (κ2) is 3.97. The molecule has 6 heteroatoms.